The lowest BCUT2D eigenvalue weighted by Gasteiger charge is -2.07. The first-order valence-corrected chi connectivity index (χ1v) is 8.49. The predicted octanol–water partition coefficient (Wildman–Crippen LogP) is 4.40. The van der Waals surface area contributed by atoms with Gasteiger partial charge < -0.3 is 4.57 Å². The van der Waals surface area contributed by atoms with Crippen molar-refractivity contribution in [3.8, 4) is 0 Å². The monoisotopic (exact) mass is 360 g/mol. The predicted molar refractivity (Wildman–Crippen MR) is 90.0 cm³/mol. The fourth-order valence-corrected chi connectivity index (χ4v) is 3.07. The third kappa shape index (κ3) is 2.89. The molecule has 0 amide bonds. The maximum absolute atomic E-state index is 12.5. The van der Waals surface area contributed by atoms with Gasteiger partial charge in [0.15, 0.2) is 10.9 Å². The Bertz CT molecular complexity index is 796. The maximum Gasteiger partial charge on any atom is 0.182 e. The summed E-state index contributed by atoms with van der Waals surface area (Å²) in [5.74, 6) is 0.0842. The lowest BCUT2D eigenvalue weighted by atomic mass is 10.1. The molecule has 0 atom stereocenters. The van der Waals surface area contributed by atoms with Crippen LogP contribution in [0.15, 0.2) is 58.2 Å². The molecule has 5 heteroatoms. The van der Waals surface area contributed by atoms with Crippen LogP contribution in [0.2, 0.25) is 0 Å². The van der Waals surface area contributed by atoms with Crippen LogP contribution in [-0.2, 0) is 6.54 Å². The number of halogens is 1. The van der Waals surface area contributed by atoms with Gasteiger partial charge in [0, 0.05) is 10.0 Å². The molecule has 0 saturated carbocycles. The zero-order valence-corrected chi connectivity index (χ0v) is 13.8. The van der Waals surface area contributed by atoms with Gasteiger partial charge >= 0.3 is 0 Å². The number of rotatable bonds is 4. The second-order valence-electron chi connectivity index (χ2n) is 4.60. The number of benzene rings is 2. The molecule has 3 rings (SSSR count). The molecule has 0 aliphatic heterocycles. The molecule has 1 heterocycles. The van der Waals surface area contributed by atoms with Crippen LogP contribution in [0.1, 0.15) is 10.4 Å². The molecule has 21 heavy (non-hydrogen) atoms. The molecule has 1 aromatic heterocycles. The smallest absolute Gasteiger partial charge is 0.182 e. The van der Waals surface area contributed by atoms with Gasteiger partial charge in [-0.1, -0.05) is 52.0 Å². The minimum atomic E-state index is 0.0842. The number of imidazole rings is 1. The van der Waals surface area contributed by atoms with E-state index in [2.05, 4.69) is 20.9 Å². The summed E-state index contributed by atoms with van der Waals surface area (Å²) in [6.45, 7) is 0.304. The van der Waals surface area contributed by atoms with Crippen molar-refractivity contribution in [1.29, 1.82) is 0 Å². The van der Waals surface area contributed by atoms with Gasteiger partial charge in [-0.3, -0.25) is 4.79 Å². The van der Waals surface area contributed by atoms with E-state index in [1.807, 2.05) is 59.4 Å². The Hall–Kier alpha value is -1.59. The average molecular weight is 361 g/mol. The van der Waals surface area contributed by atoms with Crippen LogP contribution in [0.25, 0.3) is 11.0 Å². The molecule has 0 saturated heterocycles. The number of carbonyl (C=O) groups is 1. The molecular formula is C16H13BrN2OS. The first-order chi connectivity index (χ1) is 10.2. The molecule has 0 bridgehead atoms. The third-order valence-corrected chi connectivity index (χ3v) is 4.48. The van der Waals surface area contributed by atoms with Gasteiger partial charge in [-0.25, -0.2) is 4.98 Å². The lowest BCUT2D eigenvalue weighted by molar-refractivity contribution is 0.0970. The SMILES string of the molecule is CSc1nc2ccccc2n1CC(=O)c1ccc(Br)cc1. The van der Waals surface area contributed by atoms with Gasteiger partial charge in [0.25, 0.3) is 0 Å². The van der Waals surface area contributed by atoms with Gasteiger partial charge in [-0.15, -0.1) is 0 Å². The Morgan fingerprint density at radius 2 is 1.90 bits per heavy atom. The highest BCUT2D eigenvalue weighted by atomic mass is 79.9. The highest BCUT2D eigenvalue weighted by Crippen LogP contribution is 2.23. The standard InChI is InChI=1S/C16H13BrN2OS/c1-21-16-18-13-4-2-3-5-14(13)19(16)10-15(20)11-6-8-12(17)9-7-11/h2-9H,10H2,1H3. The lowest BCUT2D eigenvalue weighted by Crippen LogP contribution is -2.11. The first-order valence-electron chi connectivity index (χ1n) is 6.47. The van der Waals surface area contributed by atoms with Gasteiger partial charge in [0.2, 0.25) is 0 Å². The van der Waals surface area contributed by atoms with Crippen molar-refractivity contribution in [3.63, 3.8) is 0 Å². The Balaban J connectivity index is 1.97. The van der Waals surface area contributed by atoms with Crippen molar-refractivity contribution in [3.05, 3.63) is 58.6 Å². The van der Waals surface area contributed by atoms with Gasteiger partial charge in [0.1, 0.15) is 0 Å². The van der Waals surface area contributed by atoms with Crippen LogP contribution in [-0.4, -0.2) is 21.6 Å². The number of nitrogens with zero attached hydrogens (tertiary/aromatic N) is 2. The van der Waals surface area contributed by atoms with E-state index in [9.17, 15) is 4.79 Å². The summed E-state index contributed by atoms with van der Waals surface area (Å²) in [5.41, 5.74) is 2.63. The van der Waals surface area contributed by atoms with E-state index < -0.39 is 0 Å². The van der Waals surface area contributed by atoms with Crippen LogP contribution in [0.5, 0.6) is 0 Å². The summed E-state index contributed by atoms with van der Waals surface area (Å²) < 4.78 is 2.95. The number of ketones is 1. The fourth-order valence-electron chi connectivity index (χ4n) is 2.23. The second kappa shape index (κ2) is 6.03. The molecule has 0 spiro atoms. The Kier molecular flexibility index (Phi) is 4.12. The normalized spacial score (nSPS) is 11.0. The van der Waals surface area contributed by atoms with E-state index in [0.29, 0.717) is 12.1 Å². The number of hydrogen-bond donors (Lipinski definition) is 0. The largest absolute Gasteiger partial charge is 0.311 e. The Morgan fingerprint density at radius 1 is 1.19 bits per heavy atom. The molecule has 3 nitrogen and oxygen atoms in total. The van der Waals surface area contributed by atoms with Crippen molar-refractivity contribution < 1.29 is 4.79 Å². The van der Waals surface area contributed by atoms with Crippen molar-refractivity contribution in [1.82, 2.24) is 9.55 Å². The highest BCUT2D eigenvalue weighted by molar-refractivity contribution is 9.10. The number of Topliss-reactive ketones (excluding diaryl/α,β-unsaturated/α-hetero) is 1. The summed E-state index contributed by atoms with van der Waals surface area (Å²) in [7, 11) is 0. The van der Waals surface area contributed by atoms with E-state index >= 15 is 0 Å². The molecule has 2 aromatic carbocycles. The molecule has 0 N–H and O–H groups in total. The number of carbonyl (C=O) groups excluding carboxylic acids is 1. The third-order valence-electron chi connectivity index (χ3n) is 3.27. The minimum Gasteiger partial charge on any atom is -0.311 e. The topological polar surface area (TPSA) is 34.9 Å². The summed E-state index contributed by atoms with van der Waals surface area (Å²) >= 11 is 4.93. The summed E-state index contributed by atoms with van der Waals surface area (Å²) in [5, 5.41) is 0.863. The van der Waals surface area contributed by atoms with Crippen molar-refractivity contribution in [2.24, 2.45) is 0 Å². The second-order valence-corrected chi connectivity index (χ2v) is 6.29. The van der Waals surface area contributed by atoms with Crippen LogP contribution in [0.3, 0.4) is 0 Å². The van der Waals surface area contributed by atoms with Gasteiger partial charge in [0.05, 0.1) is 17.6 Å². The number of aromatic nitrogens is 2. The Labute approximate surface area is 135 Å². The zero-order chi connectivity index (χ0) is 14.8. The number of fused-ring (bicyclic) bond motifs is 1. The average Bonchev–Trinajstić information content (AvgIpc) is 2.86. The van der Waals surface area contributed by atoms with Crippen molar-refractivity contribution in [2.45, 2.75) is 11.7 Å². The molecule has 0 radical (unpaired) electrons. The molecular weight excluding hydrogens is 348 g/mol. The number of para-hydroxylation sites is 2. The number of thioether (sulfide) groups is 1. The van der Waals surface area contributed by atoms with Crippen molar-refractivity contribution >= 4 is 44.5 Å². The summed E-state index contributed by atoms with van der Waals surface area (Å²) in [6, 6.07) is 15.3. The van der Waals surface area contributed by atoms with E-state index in [0.717, 1.165) is 20.7 Å². The molecule has 0 aliphatic carbocycles. The first kappa shape index (κ1) is 14.4. The fraction of sp³-hybridized carbons (Fsp3) is 0.125. The molecule has 0 unspecified atom stereocenters. The number of hydrogen-bond acceptors (Lipinski definition) is 3. The highest BCUT2D eigenvalue weighted by Gasteiger charge is 2.14. The van der Waals surface area contributed by atoms with E-state index in [-0.39, 0.29) is 5.78 Å². The quantitative estimate of drug-likeness (QED) is 0.510. The zero-order valence-electron chi connectivity index (χ0n) is 11.4. The minimum absolute atomic E-state index is 0.0842. The van der Waals surface area contributed by atoms with Gasteiger partial charge in [-0.05, 0) is 30.5 Å². The van der Waals surface area contributed by atoms with E-state index in [4.69, 9.17) is 0 Å². The van der Waals surface area contributed by atoms with E-state index in [1.54, 1.807) is 11.8 Å². The van der Waals surface area contributed by atoms with Crippen LogP contribution < -0.4 is 0 Å². The molecule has 0 fully saturated rings. The van der Waals surface area contributed by atoms with Crippen LogP contribution in [0, 0.1) is 0 Å². The molecule has 0 aliphatic rings. The molecule has 106 valence electrons. The van der Waals surface area contributed by atoms with Gasteiger partial charge in [-0.2, -0.15) is 0 Å². The Morgan fingerprint density at radius 3 is 2.62 bits per heavy atom. The maximum atomic E-state index is 12.5. The summed E-state index contributed by atoms with van der Waals surface area (Å²) in [6.07, 6.45) is 1.97. The van der Waals surface area contributed by atoms with E-state index in [1.165, 1.54) is 0 Å². The summed E-state index contributed by atoms with van der Waals surface area (Å²) in [4.78, 5) is 17.0. The van der Waals surface area contributed by atoms with Crippen LogP contribution in [0.4, 0.5) is 0 Å². The molecule has 3 aromatic rings. The van der Waals surface area contributed by atoms with Crippen LogP contribution >= 0.6 is 27.7 Å². The van der Waals surface area contributed by atoms with Crippen molar-refractivity contribution in [2.75, 3.05) is 6.26 Å².